The van der Waals surface area contributed by atoms with Crippen LogP contribution in [0.2, 0.25) is 0 Å². The summed E-state index contributed by atoms with van der Waals surface area (Å²) in [4.78, 5) is 0. The van der Waals surface area contributed by atoms with Gasteiger partial charge in [-0.2, -0.15) is 0 Å². The van der Waals surface area contributed by atoms with Crippen LogP contribution in [-0.2, 0) is 0 Å². The largest absolute Gasteiger partial charge is 0.369 e. The fourth-order valence-electron chi connectivity index (χ4n) is 1.50. The topological polar surface area (TPSA) is 92.5 Å². The molecular formula is C12H14N2O2. The van der Waals surface area contributed by atoms with Crippen molar-refractivity contribution < 1.29 is 10.2 Å². The molecule has 0 aromatic rings. The molecule has 16 heavy (non-hydrogen) atoms. The van der Waals surface area contributed by atoms with Crippen molar-refractivity contribution in [2.45, 2.75) is 11.4 Å². The second-order valence-electron chi connectivity index (χ2n) is 4.02. The van der Waals surface area contributed by atoms with Gasteiger partial charge in [0.1, 0.15) is 0 Å². The van der Waals surface area contributed by atoms with Gasteiger partial charge in [-0.3, -0.25) is 11.5 Å². The molecule has 2 aliphatic rings. The van der Waals surface area contributed by atoms with E-state index >= 15 is 0 Å². The Morgan fingerprint density at radius 3 is 1.19 bits per heavy atom. The van der Waals surface area contributed by atoms with Crippen LogP contribution in [0.25, 0.3) is 0 Å². The minimum absolute atomic E-state index is 0.901. The molecule has 0 aromatic carbocycles. The minimum Gasteiger partial charge on any atom is -0.369 e. The summed E-state index contributed by atoms with van der Waals surface area (Å²) < 4.78 is 0. The molecule has 84 valence electrons. The predicted molar refractivity (Wildman–Crippen MR) is 61.9 cm³/mol. The van der Waals surface area contributed by atoms with E-state index < -0.39 is 11.4 Å². The molecule has 2 aliphatic carbocycles. The van der Waals surface area contributed by atoms with Gasteiger partial charge in [0.15, 0.2) is 11.4 Å². The third-order valence-corrected chi connectivity index (χ3v) is 2.45. The lowest BCUT2D eigenvalue weighted by Crippen LogP contribution is -2.36. The van der Waals surface area contributed by atoms with Crippen LogP contribution in [0, 0.1) is 0 Å². The van der Waals surface area contributed by atoms with E-state index in [1.54, 1.807) is 24.3 Å². The molecule has 0 fully saturated rings. The van der Waals surface area contributed by atoms with Gasteiger partial charge in [0.25, 0.3) is 0 Å². The molecule has 0 saturated carbocycles. The highest BCUT2D eigenvalue weighted by Crippen LogP contribution is 2.22. The number of nitrogens with two attached hydrogens (primary N) is 2. The van der Waals surface area contributed by atoms with Crippen LogP contribution in [0.15, 0.2) is 59.8 Å². The molecule has 0 heterocycles. The Kier molecular flexibility index (Phi) is 2.44. The first-order chi connectivity index (χ1) is 7.38. The third kappa shape index (κ3) is 2.37. The zero-order chi connectivity index (χ0) is 11.8. The molecule has 0 amide bonds. The Bertz CT molecular complexity index is 374. The van der Waals surface area contributed by atoms with E-state index in [1.165, 1.54) is 24.3 Å². The van der Waals surface area contributed by atoms with Gasteiger partial charge in [0, 0.05) is 0 Å². The zero-order valence-electron chi connectivity index (χ0n) is 8.67. The third-order valence-electron chi connectivity index (χ3n) is 2.45. The molecule has 0 atom stereocenters. The van der Waals surface area contributed by atoms with E-state index in [1.807, 2.05) is 0 Å². The summed E-state index contributed by atoms with van der Waals surface area (Å²) in [6.07, 6.45) is 12.9. The van der Waals surface area contributed by atoms with Crippen molar-refractivity contribution in [2.75, 3.05) is 0 Å². The Labute approximate surface area is 93.6 Å². The second-order valence-corrected chi connectivity index (χ2v) is 4.02. The van der Waals surface area contributed by atoms with Gasteiger partial charge in [-0.15, -0.1) is 0 Å². The maximum Gasteiger partial charge on any atom is 0.152 e. The van der Waals surface area contributed by atoms with E-state index in [-0.39, 0.29) is 0 Å². The number of rotatable bonds is 0. The summed E-state index contributed by atoms with van der Waals surface area (Å²) >= 11 is 0. The highest BCUT2D eigenvalue weighted by atomic mass is 16.3. The summed E-state index contributed by atoms with van der Waals surface area (Å²) in [5, 5.41) is 18.9. The van der Waals surface area contributed by atoms with E-state index in [0.717, 1.165) is 11.1 Å². The van der Waals surface area contributed by atoms with Gasteiger partial charge in [-0.1, -0.05) is 24.3 Å². The summed E-state index contributed by atoms with van der Waals surface area (Å²) in [5.74, 6) is 0. The molecule has 0 aliphatic heterocycles. The van der Waals surface area contributed by atoms with E-state index in [0.29, 0.717) is 0 Å². The molecule has 0 spiro atoms. The predicted octanol–water partition coefficient (Wildman–Crippen LogP) is -0.170. The number of hydrogen-bond donors (Lipinski definition) is 4. The van der Waals surface area contributed by atoms with Gasteiger partial charge in [0.2, 0.25) is 0 Å². The first-order valence-electron chi connectivity index (χ1n) is 4.92. The van der Waals surface area contributed by atoms with Crippen molar-refractivity contribution in [3.05, 3.63) is 59.8 Å². The first kappa shape index (κ1) is 11.0. The SMILES string of the molecule is NC1(O)C=CC(=C2C=CC(N)(O)C=C2)C=C1. The molecule has 0 bridgehead atoms. The quantitative estimate of drug-likeness (QED) is 0.425. The Morgan fingerprint density at radius 2 is 0.938 bits per heavy atom. The first-order valence-corrected chi connectivity index (χ1v) is 4.92. The molecule has 0 radical (unpaired) electrons. The van der Waals surface area contributed by atoms with Crippen LogP contribution in [0.3, 0.4) is 0 Å². The minimum atomic E-state index is -1.37. The number of aliphatic hydroxyl groups is 2. The summed E-state index contributed by atoms with van der Waals surface area (Å²) in [6.45, 7) is 0. The van der Waals surface area contributed by atoms with Gasteiger partial charge in [0.05, 0.1) is 0 Å². The highest BCUT2D eigenvalue weighted by molar-refractivity contribution is 5.52. The lowest BCUT2D eigenvalue weighted by Gasteiger charge is -2.21. The molecule has 2 rings (SSSR count). The monoisotopic (exact) mass is 218 g/mol. The average molecular weight is 218 g/mol. The Hall–Kier alpha value is -1.46. The maximum atomic E-state index is 9.46. The van der Waals surface area contributed by atoms with Gasteiger partial charge in [-0.05, 0) is 35.5 Å². The van der Waals surface area contributed by atoms with Crippen molar-refractivity contribution >= 4 is 0 Å². The molecule has 4 nitrogen and oxygen atoms in total. The van der Waals surface area contributed by atoms with Crippen molar-refractivity contribution in [1.29, 1.82) is 0 Å². The van der Waals surface area contributed by atoms with Crippen molar-refractivity contribution in [1.82, 2.24) is 0 Å². The lowest BCUT2D eigenvalue weighted by molar-refractivity contribution is 0.148. The molecule has 0 aromatic heterocycles. The average Bonchev–Trinajstić information content (AvgIpc) is 2.19. The van der Waals surface area contributed by atoms with Crippen LogP contribution in [0.4, 0.5) is 0 Å². The van der Waals surface area contributed by atoms with E-state index in [9.17, 15) is 10.2 Å². The van der Waals surface area contributed by atoms with Crippen molar-refractivity contribution in [2.24, 2.45) is 11.5 Å². The summed E-state index contributed by atoms with van der Waals surface area (Å²) in [7, 11) is 0. The van der Waals surface area contributed by atoms with Gasteiger partial charge in [-0.25, -0.2) is 0 Å². The lowest BCUT2D eigenvalue weighted by atomic mass is 9.95. The molecular weight excluding hydrogens is 204 g/mol. The molecule has 0 saturated heterocycles. The van der Waals surface area contributed by atoms with Crippen LogP contribution >= 0.6 is 0 Å². The van der Waals surface area contributed by atoms with E-state index in [2.05, 4.69) is 0 Å². The van der Waals surface area contributed by atoms with Gasteiger partial charge < -0.3 is 10.2 Å². The van der Waals surface area contributed by atoms with Crippen molar-refractivity contribution in [3.63, 3.8) is 0 Å². The van der Waals surface area contributed by atoms with Crippen LogP contribution < -0.4 is 11.5 Å². The van der Waals surface area contributed by atoms with Gasteiger partial charge >= 0.3 is 0 Å². The van der Waals surface area contributed by atoms with E-state index in [4.69, 9.17) is 11.5 Å². The van der Waals surface area contributed by atoms with Crippen LogP contribution in [-0.4, -0.2) is 21.7 Å². The number of allylic oxidation sites excluding steroid dienone is 6. The molecule has 6 N–H and O–H groups in total. The Morgan fingerprint density at radius 1 is 0.688 bits per heavy atom. The highest BCUT2D eigenvalue weighted by Gasteiger charge is 2.18. The smallest absolute Gasteiger partial charge is 0.152 e. The molecule has 0 unspecified atom stereocenters. The fourth-order valence-corrected chi connectivity index (χ4v) is 1.50. The van der Waals surface area contributed by atoms with Crippen molar-refractivity contribution in [3.8, 4) is 0 Å². The Balaban J connectivity index is 2.28. The normalized spacial score (nSPS) is 37.2. The summed E-state index contributed by atoms with van der Waals surface area (Å²) in [5.41, 5.74) is 10.0. The van der Waals surface area contributed by atoms with Crippen LogP contribution in [0.1, 0.15) is 0 Å². The fraction of sp³-hybridized carbons (Fsp3) is 0.167. The second kappa shape index (κ2) is 3.54. The number of hydrogen-bond acceptors (Lipinski definition) is 4. The standard InChI is InChI=1S/C12H14N2O2/c13-11(15)5-1-9(2-6-11)10-3-7-12(14,16)8-4-10/h1-8,15-16H,13-14H2. The van der Waals surface area contributed by atoms with Crippen LogP contribution in [0.5, 0.6) is 0 Å². The summed E-state index contributed by atoms with van der Waals surface area (Å²) in [6, 6.07) is 0. The zero-order valence-corrected chi connectivity index (χ0v) is 8.67. The molecule has 4 heteroatoms. The maximum absolute atomic E-state index is 9.46.